The molecule has 104 valence electrons. The molecule has 1 heterocycles. The largest absolute Gasteiger partial charge is 0.328 e. The maximum Gasteiger partial charge on any atom is 0.232 e. The van der Waals surface area contributed by atoms with Crippen molar-refractivity contribution in [1.82, 2.24) is 0 Å². The van der Waals surface area contributed by atoms with Gasteiger partial charge in [0.15, 0.2) is 0 Å². The molecule has 0 aromatic heterocycles. The van der Waals surface area contributed by atoms with E-state index in [9.17, 15) is 4.79 Å². The second-order valence-electron chi connectivity index (χ2n) is 6.60. The quantitative estimate of drug-likeness (QED) is 0.888. The van der Waals surface area contributed by atoms with Gasteiger partial charge >= 0.3 is 0 Å². The number of carbonyl (C=O) groups is 1. The molecule has 3 nitrogen and oxygen atoms in total. The number of amides is 1. The Labute approximate surface area is 115 Å². The van der Waals surface area contributed by atoms with Crippen LogP contribution < -0.4 is 10.6 Å². The van der Waals surface area contributed by atoms with E-state index in [2.05, 4.69) is 18.2 Å². The van der Waals surface area contributed by atoms with Crippen molar-refractivity contribution in [2.75, 3.05) is 11.4 Å². The first-order valence-corrected chi connectivity index (χ1v) is 6.98. The lowest BCUT2D eigenvalue weighted by molar-refractivity contribution is -0.125. The molecule has 0 bridgehead atoms. The Morgan fingerprint density at radius 1 is 1.42 bits per heavy atom. The molecule has 2 N–H and O–H groups in total. The van der Waals surface area contributed by atoms with Gasteiger partial charge in [-0.05, 0) is 37.0 Å². The SMILES string of the molecule is CC(N)Cc1ccc2c(c1)CCN2C(=O)C(C)(C)C. The van der Waals surface area contributed by atoms with Gasteiger partial charge in [-0.15, -0.1) is 0 Å². The van der Waals surface area contributed by atoms with Gasteiger partial charge in [0, 0.05) is 23.7 Å². The number of hydrogen-bond acceptors (Lipinski definition) is 2. The van der Waals surface area contributed by atoms with Gasteiger partial charge in [0.1, 0.15) is 0 Å². The fourth-order valence-corrected chi connectivity index (χ4v) is 2.57. The van der Waals surface area contributed by atoms with Crippen molar-refractivity contribution < 1.29 is 4.79 Å². The fourth-order valence-electron chi connectivity index (χ4n) is 2.57. The highest BCUT2D eigenvalue weighted by atomic mass is 16.2. The maximum atomic E-state index is 12.4. The number of nitrogens with two attached hydrogens (primary N) is 1. The summed E-state index contributed by atoms with van der Waals surface area (Å²) in [5, 5.41) is 0. The molecule has 0 fully saturated rings. The van der Waals surface area contributed by atoms with Crippen LogP contribution in [0.1, 0.15) is 38.8 Å². The normalized spacial score (nSPS) is 16.4. The Kier molecular flexibility index (Phi) is 3.68. The van der Waals surface area contributed by atoms with Crippen LogP contribution in [0.4, 0.5) is 5.69 Å². The van der Waals surface area contributed by atoms with Crippen LogP contribution in [-0.2, 0) is 17.6 Å². The van der Waals surface area contributed by atoms with E-state index in [1.807, 2.05) is 32.6 Å². The highest BCUT2D eigenvalue weighted by molar-refractivity contribution is 5.98. The third-order valence-corrected chi connectivity index (χ3v) is 3.48. The molecule has 0 spiro atoms. The van der Waals surface area contributed by atoms with E-state index in [1.54, 1.807) is 0 Å². The van der Waals surface area contributed by atoms with E-state index in [-0.39, 0.29) is 17.4 Å². The van der Waals surface area contributed by atoms with Gasteiger partial charge in [0.25, 0.3) is 0 Å². The molecule has 1 atom stereocenters. The van der Waals surface area contributed by atoms with Gasteiger partial charge in [0.2, 0.25) is 5.91 Å². The zero-order chi connectivity index (χ0) is 14.2. The molecule has 0 saturated heterocycles. The van der Waals surface area contributed by atoms with E-state index in [1.165, 1.54) is 11.1 Å². The second kappa shape index (κ2) is 4.97. The number of rotatable bonds is 2. The van der Waals surface area contributed by atoms with Crippen molar-refractivity contribution in [2.45, 2.75) is 46.6 Å². The van der Waals surface area contributed by atoms with E-state index >= 15 is 0 Å². The van der Waals surface area contributed by atoms with Gasteiger partial charge in [0.05, 0.1) is 0 Å². The third-order valence-electron chi connectivity index (χ3n) is 3.48. The maximum absolute atomic E-state index is 12.4. The molecule has 1 aliphatic heterocycles. The Balaban J connectivity index is 2.25. The predicted molar refractivity (Wildman–Crippen MR) is 79.3 cm³/mol. The van der Waals surface area contributed by atoms with Gasteiger partial charge < -0.3 is 10.6 Å². The summed E-state index contributed by atoms with van der Waals surface area (Å²) in [7, 11) is 0. The third kappa shape index (κ3) is 2.98. The van der Waals surface area contributed by atoms with E-state index in [0.717, 1.165) is 25.1 Å². The van der Waals surface area contributed by atoms with E-state index in [4.69, 9.17) is 5.73 Å². The molecule has 0 saturated carbocycles. The summed E-state index contributed by atoms with van der Waals surface area (Å²) in [6.07, 6.45) is 1.84. The van der Waals surface area contributed by atoms with Gasteiger partial charge in [-0.2, -0.15) is 0 Å². The molecule has 1 amide bonds. The van der Waals surface area contributed by atoms with Crippen molar-refractivity contribution in [2.24, 2.45) is 11.1 Å². The average molecular weight is 260 g/mol. The minimum Gasteiger partial charge on any atom is -0.328 e. The molecule has 1 aliphatic rings. The summed E-state index contributed by atoms with van der Waals surface area (Å²) >= 11 is 0. The van der Waals surface area contributed by atoms with Crippen LogP contribution in [0, 0.1) is 5.41 Å². The summed E-state index contributed by atoms with van der Waals surface area (Å²) in [4.78, 5) is 14.3. The Morgan fingerprint density at radius 2 is 2.11 bits per heavy atom. The van der Waals surface area contributed by atoms with Crippen molar-refractivity contribution in [3.05, 3.63) is 29.3 Å². The first-order valence-electron chi connectivity index (χ1n) is 6.98. The number of anilines is 1. The first-order chi connectivity index (χ1) is 8.79. The molecule has 1 aromatic rings. The smallest absolute Gasteiger partial charge is 0.232 e. The summed E-state index contributed by atoms with van der Waals surface area (Å²) in [6.45, 7) is 8.73. The summed E-state index contributed by atoms with van der Waals surface area (Å²) in [6, 6.07) is 6.54. The summed E-state index contributed by atoms with van der Waals surface area (Å²) < 4.78 is 0. The lowest BCUT2D eigenvalue weighted by atomic mass is 9.94. The summed E-state index contributed by atoms with van der Waals surface area (Å²) in [5.41, 5.74) is 9.12. The molecular weight excluding hydrogens is 236 g/mol. The van der Waals surface area contributed by atoms with E-state index < -0.39 is 0 Å². The van der Waals surface area contributed by atoms with Crippen LogP contribution in [0.5, 0.6) is 0 Å². The van der Waals surface area contributed by atoms with Gasteiger partial charge in [-0.3, -0.25) is 4.79 Å². The van der Waals surface area contributed by atoms with Crippen molar-refractivity contribution in [3.8, 4) is 0 Å². The lowest BCUT2D eigenvalue weighted by Crippen LogP contribution is -2.38. The molecule has 1 aromatic carbocycles. The Morgan fingerprint density at radius 3 is 2.68 bits per heavy atom. The second-order valence-corrected chi connectivity index (χ2v) is 6.60. The van der Waals surface area contributed by atoms with Crippen molar-refractivity contribution >= 4 is 11.6 Å². The molecule has 0 aliphatic carbocycles. The number of benzene rings is 1. The highest BCUT2D eigenvalue weighted by Gasteiger charge is 2.32. The predicted octanol–water partition coefficient (Wildman–Crippen LogP) is 2.51. The molecule has 0 radical (unpaired) electrons. The first kappa shape index (κ1) is 14.1. The monoisotopic (exact) mass is 260 g/mol. The average Bonchev–Trinajstić information content (AvgIpc) is 2.68. The van der Waals surface area contributed by atoms with Crippen LogP contribution in [0.3, 0.4) is 0 Å². The van der Waals surface area contributed by atoms with E-state index in [0.29, 0.717) is 0 Å². The molecular formula is C16H24N2O. The topological polar surface area (TPSA) is 46.3 Å². The molecule has 3 heteroatoms. The number of nitrogens with zero attached hydrogens (tertiary/aromatic N) is 1. The van der Waals surface area contributed by atoms with Crippen LogP contribution in [0.25, 0.3) is 0 Å². The zero-order valence-electron chi connectivity index (χ0n) is 12.4. The minimum absolute atomic E-state index is 0.173. The van der Waals surface area contributed by atoms with Crippen molar-refractivity contribution in [3.63, 3.8) is 0 Å². The van der Waals surface area contributed by atoms with Crippen LogP contribution >= 0.6 is 0 Å². The van der Waals surface area contributed by atoms with Gasteiger partial charge in [-0.1, -0.05) is 32.9 Å². The highest BCUT2D eigenvalue weighted by Crippen LogP contribution is 2.32. The lowest BCUT2D eigenvalue weighted by Gasteiger charge is -2.26. The molecule has 2 rings (SSSR count). The standard InChI is InChI=1S/C16H24N2O/c1-11(17)9-12-5-6-14-13(10-12)7-8-18(14)15(19)16(2,3)4/h5-6,10-11H,7-9,17H2,1-4H3. The molecule has 1 unspecified atom stereocenters. The number of carbonyl (C=O) groups excluding carboxylic acids is 1. The van der Waals surface area contributed by atoms with Crippen molar-refractivity contribution in [1.29, 1.82) is 0 Å². The van der Waals surface area contributed by atoms with Crippen LogP contribution in [0.15, 0.2) is 18.2 Å². The minimum atomic E-state index is -0.327. The zero-order valence-corrected chi connectivity index (χ0v) is 12.4. The number of fused-ring (bicyclic) bond motifs is 1. The molecule has 19 heavy (non-hydrogen) atoms. The Hall–Kier alpha value is -1.35. The fraction of sp³-hybridized carbons (Fsp3) is 0.562. The summed E-state index contributed by atoms with van der Waals surface area (Å²) in [5.74, 6) is 0.200. The van der Waals surface area contributed by atoms with Gasteiger partial charge in [-0.25, -0.2) is 0 Å². The van der Waals surface area contributed by atoms with Crippen LogP contribution in [-0.4, -0.2) is 18.5 Å². The Bertz CT molecular complexity index is 486. The number of hydrogen-bond donors (Lipinski definition) is 1. The van der Waals surface area contributed by atoms with Crippen LogP contribution in [0.2, 0.25) is 0 Å².